The van der Waals surface area contributed by atoms with Crippen molar-refractivity contribution in [2.45, 2.75) is 20.8 Å². The van der Waals surface area contributed by atoms with Gasteiger partial charge in [-0.05, 0) is 19.1 Å². The van der Waals surface area contributed by atoms with Crippen LogP contribution in [0, 0.1) is 6.92 Å². The van der Waals surface area contributed by atoms with Crippen molar-refractivity contribution in [1.82, 2.24) is 0 Å². The van der Waals surface area contributed by atoms with Crippen LogP contribution in [0.25, 0.3) is 5.57 Å². The lowest BCUT2D eigenvalue weighted by Crippen LogP contribution is -1.71. The van der Waals surface area contributed by atoms with Gasteiger partial charge in [-0.2, -0.15) is 0 Å². The minimum absolute atomic E-state index is 0.811. The van der Waals surface area contributed by atoms with E-state index < -0.39 is 0 Å². The molecule has 0 bridgehead atoms. The van der Waals surface area contributed by atoms with Gasteiger partial charge in [0.15, 0.2) is 0 Å². The molecule has 0 N–H and O–H groups in total. The second kappa shape index (κ2) is 6.96. The molecule has 1 nitrogen and oxygen atoms in total. The summed E-state index contributed by atoms with van der Waals surface area (Å²) in [6.45, 7) is 13.3. The predicted octanol–water partition coefficient (Wildman–Crippen LogP) is 4.37. The minimum atomic E-state index is 0.811. The SMILES string of the molecule is C=C/C=C\C(=C)c1ccc(C)o1.CC. The highest BCUT2D eigenvalue weighted by atomic mass is 16.3. The highest BCUT2D eigenvalue weighted by molar-refractivity contribution is 5.68. The summed E-state index contributed by atoms with van der Waals surface area (Å²) in [5, 5.41) is 0. The van der Waals surface area contributed by atoms with Crippen molar-refractivity contribution in [3.8, 4) is 0 Å². The molecule has 0 aliphatic rings. The highest BCUT2D eigenvalue weighted by Crippen LogP contribution is 2.16. The third kappa shape index (κ3) is 3.94. The van der Waals surface area contributed by atoms with Crippen LogP contribution < -0.4 is 0 Å². The smallest absolute Gasteiger partial charge is 0.133 e. The van der Waals surface area contributed by atoms with Crippen LogP contribution in [0.3, 0.4) is 0 Å². The van der Waals surface area contributed by atoms with Crippen LogP contribution in [0.1, 0.15) is 25.4 Å². The van der Waals surface area contributed by atoms with Gasteiger partial charge in [0.2, 0.25) is 0 Å². The molecule has 0 aliphatic heterocycles. The van der Waals surface area contributed by atoms with Crippen LogP contribution in [-0.4, -0.2) is 0 Å². The fourth-order valence-corrected chi connectivity index (χ4v) is 0.873. The Labute approximate surface area is 86.4 Å². The molecule has 1 aromatic rings. The molecule has 0 saturated carbocycles. The molecule has 0 atom stereocenters. The third-order valence-corrected chi connectivity index (χ3v) is 1.49. The standard InChI is InChI=1S/C11H12O.C2H6/c1-4-5-6-9(2)11-8-7-10(3)12-11;1-2/h4-8H,1-2H2,3H3;1-2H3/b6-5-;. The monoisotopic (exact) mass is 190 g/mol. The largest absolute Gasteiger partial charge is 0.461 e. The fraction of sp³-hybridized carbons (Fsp3) is 0.231. The Morgan fingerprint density at radius 2 is 2.00 bits per heavy atom. The zero-order chi connectivity index (χ0) is 11.0. The van der Waals surface area contributed by atoms with E-state index in [0.29, 0.717) is 0 Å². The lowest BCUT2D eigenvalue weighted by molar-refractivity contribution is 0.522. The zero-order valence-corrected chi connectivity index (χ0v) is 9.21. The van der Waals surface area contributed by atoms with E-state index in [9.17, 15) is 0 Å². The van der Waals surface area contributed by atoms with Gasteiger partial charge in [0.05, 0.1) is 0 Å². The minimum Gasteiger partial charge on any atom is -0.461 e. The average molecular weight is 190 g/mol. The molecule has 0 aliphatic carbocycles. The number of aryl methyl sites for hydroxylation is 1. The maximum Gasteiger partial charge on any atom is 0.133 e. The van der Waals surface area contributed by atoms with E-state index in [1.54, 1.807) is 6.08 Å². The molecule has 0 spiro atoms. The van der Waals surface area contributed by atoms with Crippen LogP contribution in [-0.2, 0) is 0 Å². The summed E-state index contributed by atoms with van der Waals surface area (Å²) in [5.41, 5.74) is 0.864. The molecule has 14 heavy (non-hydrogen) atoms. The summed E-state index contributed by atoms with van der Waals surface area (Å²) in [6, 6.07) is 3.83. The van der Waals surface area contributed by atoms with Crippen molar-refractivity contribution in [3.63, 3.8) is 0 Å². The molecule has 1 heteroatoms. The normalized spacial score (nSPS) is 9.36. The van der Waals surface area contributed by atoms with E-state index >= 15 is 0 Å². The summed E-state index contributed by atoms with van der Waals surface area (Å²) in [4.78, 5) is 0. The maximum absolute atomic E-state index is 5.36. The van der Waals surface area contributed by atoms with E-state index in [2.05, 4.69) is 13.2 Å². The van der Waals surface area contributed by atoms with E-state index in [1.807, 2.05) is 45.1 Å². The second-order valence-electron chi connectivity index (χ2n) is 2.53. The molecule has 0 fully saturated rings. The Morgan fingerprint density at radius 3 is 2.43 bits per heavy atom. The topological polar surface area (TPSA) is 13.1 Å². The van der Waals surface area contributed by atoms with Crippen molar-refractivity contribution in [1.29, 1.82) is 0 Å². The molecule has 0 amide bonds. The molecular weight excluding hydrogens is 172 g/mol. The Hall–Kier alpha value is -1.50. The molecule has 0 aromatic carbocycles. The van der Waals surface area contributed by atoms with Crippen LogP contribution in [0.15, 0.2) is 47.9 Å². The Morgan fingerprint density at radius 1 is 1.36 bits per heavy atom. The molecule has 1 aromatic heterocycles. The summed E-state index contributed by atoms with van der Waals surface area (Å²) in [7, 11) is 0. The van der Waals surface area contributed by atoms with Gasteiger partial charge in [0.25, 0.3) is 0 Å². The summed E-state index contributed by atoms with van der Waals surface area (Å²) < 4.78 is 5.36. The number of hydrogen-bond acceptors (Lipinski definition) is 1. The van der Waals surface area contributed by atoms with E-state index in [0.717, 1.165) is 17.1 Å². The molecule has 0 unspecified atom stereocenters. The van der Waals surface area contributed by atoms with E-state index in [1.165, 1.54) is 0 Å². The first kappa shape index (κ1) is 12.5. The fourth-order valence-electron chi connectivity index (χ4n) is 0.873. The van der Waals surface area contributed by atoms with Gasteiger partial charge in [-0.25, -0.2) is 0 Å². The first-order valence-corrected chi connectivity index (χ1v) is 4.79. The van der Waals surface area contributed by atoms with Crippen LogP contribution in [0.5, 0.6) is 0 Å². The molecule has 76 valence electrons. The van der Waals surface area contributed by atoms with Crippen LogP contribution in [0.2, 0.25) is 0 Å². The second-order valence-corrected chi connectivity index (χ2v) is 2.53. The van der Waals surface area contributed by atoms with Crippen molar-refractivity contribution < 1.29 is 4.42 Å². The predicted molar refractivity (Wildman–Crippen MR) is 63.2 cm³/mol. The van der Waals surface area contributed by atoms with Crippen molar-refractivity contribution in [2.24, 2.45) is 0 Å². The van der Waals surface area contributed by atoms with Gasteiger partial charge >= 0.3 is 0 Å². The number of rotatable bonds is 3. The van der Waals surface area contributed by atoms with Gasteiger partial charge in [0, 0.05) is 5.57 Å². The number of allylic oxidation sites excluding steroid dienone is 4. The summed E-state index contributed by atoms with van der Waals surface area (Å²) in [5.74, 6) is 1.71. The maximum atomic E-state index is 5.36. The van der Waals surface area contributed by atoms with Crippen LogP contribution in [0.4, 0.5) is 0 Å². The van der Waals surface area contributed by atoms with E-state index in [4.69, 9.17) is 4.42 Å². The van der Waals surface area contributed by atoms with Gasteiger partial charge in [-0.15, -0.1) is 0 Å². The van der Waals surface area contributed by atoms with Gasteiger partial charge in [0.1, 0.15) is 11.5 Å². The summed E-state index contributed by atoms with van der Waals surface area (Å²) in [6.07, 6.45) is 5.41. The number of hydrogen-bond donors (Lipinski definition) is 0. The lowest BCUT2D eigenvalue weighted by Gasteiger charge is -1.91. The average Bonchev–Trinajstić information content (AvgIpc) is 2.64. The molecular formula is C13H18O. The summed E-state index contributed by atoms with van der Waals surface area (Å²) >= 11 is 0. The van der Waals surface area contributed by atoms with E-state index in [-0.39, 0.29) is 0 Å². The van der Waals surface area contributed by atoms with Crippen molar-refractivity contribution in [2.75, 3.05) is 0 Å². The zero-order valence-electron chi connectivity index (χ0n) is 9.21. The van der Waals surface area contributed by atoms with Gasteiger partial charge in [-0.3, -0.25) is 0 Å². The molecule has 0 saturated heterocycles. The molecule has 1 rings (SSSR count). The highest BCUT2D eigenvalue weighted by Gasteiger charge is 1.98. The quantitative estimate of drug-likeness (QED) is 0.645. The first-order valence-electron chi connectivity index (χ1n) is 4.79. The van der Waals surface area contributed by atoms with Crippen molar-refractivity contribution >= 4 is 5.57 Å². The Bertz CT molecular complexity index is 316. The molecule has 0 radical (unpaired) electrons. The molecule has 1 heterocycles. The van der Waals surface area contributed by atoms with Gasteiger partial charge < -0.3 is 4.42 Å². The van der Waals surface area contributed by atoms with Crippen LogP contribution >= 0.6 is 0 Å². The lowest BCUT2D eigenvalue weighted by atomic mass is 10.2. The third-order valence-electron chi connectivity index (χ3n) is 1.49. The van der Waals surface area contributed by atoms with Crippen molar-refractivity contribution in [3.05, 3.63) is 55.0 Å². The Kier molecular flexibility index (Phi) is 6.21. The number of furan rings is 1. The Balaban J connectivity index is 0.000000791. The first-order chi connectivity index (χ1) is 6.74. The van der Waals surface area contributed by atoms with Gasteiger partial charge in [-0.1, -0.05) is 45.2 Å².